The zero-order valence-electron chi connectivity index (χ0n) is 15.9. The Kier molecular flexibility index (Phi) is 6.42. The lowest BCUT2D eigenvalue weighted by molar-refractivity contribution is -0.117. The van der Waals surface area contributed by atoms with Gasteiger partial charge in [0.2, 0.25) is 5.91 Å². The number of hydrogen-bond acceptors (Lipinski definition) is 4. The highest BCUT2D eigenvalue weighted by atomic mass is 16.5. The number of amides is 2. The molecule has 6 nitrogen and oxygen atoms in total. The summed E-state index contributed by atoms with van der Waals surface area (Å²) in [4.78, 5) is 36.3. The lowest BCUT2D eigenvalue weighted by atomic mass is 10.1. The predicted molar refractivity (Wildman–Crippen MR) is 107 cm³/mol. The molecule has 1 saturated carbocycles. The Morgan fingerprint density at radius 2 is 1.71 bits per heavy atom. The Labute approximate surface area is 164 Å². The second-order valence-corrected chi connectivity index (χ2v) is 6.87. The van der Waals surface area contributed by atoms with E-state index in [1.165, 1.54) is 0 Å². The number of ether oxygens (including phenoxy) is 1. The lowest BCUT2D eigenvalue weighted by Gasteiger charge is -2.09. The second-order valence-electron chi connectivity index (χ2n) is 6.87. The first-order valence-corrected chi connectivity index (χ1v) is 9.56. The van der Waals surface area contributed by atoms with Gasteiger partial charge in [-0.3, -0.25) is 9.59 Å². The molecule has 0 spiro atoms. The number of anilines is 2. The molecule has 3 rings (SSSR count). The van der Waals surface area contributed by atoms with Crippen LogP contribution in [0.3, 0.4) is 0 Å². The normalized spacial score (nSPS) is 12.9. The molecular formula is C22H24N2O4. The summed E-state index contributed by atoms with van der Waals surface area (Å²) in [6.45, 7) is 2.43. The third kappa shape index (κ3) is 5.42. The van der Waals surface area contributed by atoms with Gasteiger partial charge in [0.15, 0.2) is 0 Å². The minimum atomic E-state index is -0.370. The smallest absolute Gasteiger partial charge is 0.338 e. The quantitative estimate of drug-likeness (QED) is 0.530. The van der Waals surface area contributed by atoms with Crippen molar-refractivity contribution >= 4 is 29.2 Å². The molecule has 1 aliphatic rings. The monoisotopic (exact) mass is 380 g/mol. The molecule has 6 heteroatoms. The molecular weight excluding hydrogens is 356 g/mol. The summed E-state index contributed by atoms with van der Waals surface area (Å²) >= 11 is 0. The zero-order chi connectivity index (χ0) is 19.9. The number of rotatable bonds is 8. The van der Waals surface area contributed by atoms with Gasteiger partial charge < -0.3 is 15.4 Å². The number of unbranched alkanes of at least 4 members (excludes halogenated alkanes) is 1. The number of carbonyl (C=O) groups excluding carboxylic acids is 3. The van der Waals surface area contributed by atoms with Gasteiger partial charge in [-0.2, -0.15) is 0 Å². The maximum absolute atomic E-state index is 12.5. The van der Waals surface area contributed by atoms with Crippen molar-refractivity contribution in [3.05, 3.63) is 59.7 Å². The van der Waals surface area contributed by atoms with E-state index in [1.54, 1.807) is 48.5 Å². The van der Waals surface area contributed by atoms with Crippen LogP contribution in [0.5, 0.6) is 0 Å². The fourth-order valence-electron chi connectivity index (χ4n) is 2.61. The number of nitrogens with one attached hydrogen (secondary N) is 2. The van der Waals surface area contributed by atoms with Crippen molar-refractivity contribution in [1.82, 2.24) is 0 Å². The highest BCUT2D eigenvalue weighted by Gasteiger charge is 2.29. The molecule has 0 aliphatic heterocycles. The molecule has 2 aromatic rings. The van der Waals surface area contributed by atoms with Gasteiger partial charge in [0.05, 0.1) is 12.2 Å². The third-order valence-corrected chi connectivity index (χ3v) is 4.45. The molecule has 0 bridgehead atoms. The molecule has 2 aromatic carbocycles. The summed E-state index contributed by atoms with van der Waals surface area (Å²) in [5, 5.41) is 5.62. The fraction of sp³-hybridized carbons (Fsp3) is 0.318. The summed E-state index contributed by atoms with van der Waals surface area (Å²) in [5.41, 5.74) is 2.06. The van der Waals surface area contributed by atoms with Gasteiger partial charge in [-0.1, -0.05) is 19.4 Å². The van der Waals surface area contributed by atoms with Crippen molar-refractivity contribution in [1.29, 1.82) is 0 Å². The minimum Gasteiger partial charge on any atom is -0.462 e. The van der Waals surface area contributed by atoms with Crippen molar-refractivity contribution < 1.29 is 19.1 Å². The highest BCUT2D eigenvalue weighted by Crippen LogP contribution is 2.30. The average molecular weight is 380 g/mol. The van der Waals surface area contributed by atoms with E-state index in [1.807, 2.05) is 6.92 Å². The van der Waals surface area contributed by atoms with Gasteiger partial charge in [0, 0.05) is 22.9 Å². The number of carbonyl (C=O) groups is 3. The van der Waals surface area contributed by atoms with Crippen LogP contribution < -0.4 is 10.6 Å². The van der Waals surface area contributed by atoms with E-state index >= 15 is 0 Å². The van der Waals surface area contributed by atoms with Crippen molar-refractivity contribution in [2.24, 2.45) is 5.92 Å². The summed E-state index contributed by atoms with van der Waals surface area (Å²) in [6, 6.07) is 13.4. The molecule has 1 fully saturated rings. The van der Waals surface area contributed by atoms with Crippen molar-refractivity contribution in [3.63, 3.8) is 0 Å². The Morgan fingerprint density at radius 1 is 0.964 bits per heavy atom. The third-order valence-electron chi connectivity index (χ3n) is 4.45. The van der Waals surface area contributed by atoms with Crippen LogP contribution in [0.4, 0.5) is 11.4 Å². The van der Waals surface area contributed by atoms with Gasteiger partial charge >= 0.3 is 5.97 Å². The average Bonchev–Trinajstić information content (AvgIpc) is 3.54. The molecule has 1 aliphatic carbocycles. The van der Waals surface area contributed by atoms with Gasteiger partial charge in [0.25, 0.3) is 5.91 Å². The van der Waals surface area contributed by atoms with Crippen molar-refractivity contribution in [2.45, 2.75) is 32.6 Å². The Hall–Kier alpha value is -3.15. The number of benzene rings is 2. The molecule has 28 heavy (non-hydrogen) atoms. The number of esters is 1. The maximum atomic E-state index is 12.5. The molecule has 2 N–H and O–H groups in total. The van der Waals surface area contributed by atoms with Crippen LogP contribution in [0.15, 0.2) is 48.5 Å². The first-order chi connectivity index (χ1) is 13.6. The predicted octanol–water partition coefficient (Wildman–Crippen LogP) is 4.24. The molecule has 2 amide bonds. The minimum absolute atomic E-state index is 0.000954. The van der Waals surface area contributed by atoms with Crippen molar-refractivity contribution in [3.8, 4) is 0 Å². The SMILES string of the molecule is CCCCOC(=O)c1ccc(NC(=O)c2cccc(NC(=O)C3CC3)c2)cc1. The van der Waals surface area contributed by atoms with Gasteiger partial charge in [0.1, 0.15) is 0 Å². The first kappa shape index (κ1) is 19.6. The topological polar surface area (TPSA) is 84.5 Å². The van der Waals surface area contributed by atoms with Crippen LogP contribution in [0.1, 0.15) is 53.3 Å². The molecule has 0 saturated heterocycles. The van der Waals surface area contributed by atoms with E-state index in [0.29, 0.717) is 29.1 Å². The van der Waals surface area contributed by atoms with Crippen LogP contribution in [0.2, 0.25) is 0 Å². The van der Waals surface area contributed by atoms with Gasteiger partial charge in [-0.15, -0.1) is 0 Å². The maximum Gasteiger partial charge on any atom is 0.338 e. The van der Waals surface area contributed by atoms with E-state index < -0.39 is 0 Å². The lowest BCUT2D eigenvalue weighted by Crippen LogP contribution is -2.15. The molecule has 0 unspecified atom stereocenters. The largest absolute Gasteiger partial charge is 0.462 e. The number of hydrogen-bond donors (Lipinski definition) is 2. The molecule has 0 aromatic heterocycles. The first-order valence-electron chi connectivity index (χ1n) is 9.56. The Morgan fingerprint density at radius 3 is 2.39 bits per heavy atom. The van der Waals surface area contributed by atoms with Gasteiger partial charge in [-0.25, -0.2) is 4.79 Å². The van der Waals surface area contributed by atoms with Crippen LogP contribution in [0.25, 0.3) is 0 Å². The van der Waals surface area contributed by atoms with E-state index in [0.717, 1.165) is 25.7 Å². The van der Waals surface area contributed by atoms with E-state index in [-0.39, 0.29) is 23.7 Å². The fourth-order valence-corrected chi connectivity index (χ4v) is 2.61. The Balaban J connectivity index is 1.58. The summed E-state index contributed by atoms with van der Waals surface area (Å²) < 4.78 is 5.16. The summed E-state index contributed by atoms with van der Waals surface area (Å²) in [7, 11) is 0. The second kappa shape index (κ2) is 9.17. The van der Waals surface area contributed by atoms with E-state index in [4.69, 9.17) is 4.74 Å². The van der Waals surface area contributed by atoms with Crippen LogP contribution in [0, 0.1) is 5.92 Å². The summed E-state index contributed by atoms with van der Waals surface area (Å²) in [6.07, 6.45) is 3.64. The highest BCUT2D eigenvalue weighted by molar-refractivity contribution is 6.05. The van der Waals surface area contributed by atoms with Crippen LogP contribution in [-0.2, 0) is 9.53 Å². The zero-order valence-corrected chi connectivity index (χ0v) is 15.9. The van der Waals surface area contributed by atoms with Crippen LogP contribution in [-0.4, -0.2) is 24.4 Å². The molecule has 146 valence electrons. The molecule has 0 radical (unpaired) electrons. The van der Waals surface area contributed by atoms with E-state index in [2.05, 4.69) is 10.6 Å². The standard InChI is InChI=1S/C22H24N2O4/c1-2-3-13-28-22(27)16-9-11-18(12-10-16)23-21(26)17-5-4-6-19(14-17)24-20(25)15-7-8-15/h4-6,9-12,14-15H,2-3,7-8,13H2,1H3,(H,23,26)(H,24,25). The van der Waals surface area contributed by atoms with E-state index in [9.17, 15) is 14.4 Å². The van der Waals surface area contributed by atoms with Gasteiger partial charge in [-0.05, 0) is 61.7 Å². The molecule has 0 heterocycles. The van der Waals surface area contributed by atoms with Crippen molar-refractivity contribution in [2.75, 3.05) is 17.2 Å². The van der Waals surface area contributed by atoms with Crippen LogP contribution >= 0.6 is 0 Å². The Bertz CT molecular complexity index is 857. The summed E-state index contributed by atoms with van der Waals surface area (Å²) in [5.74, 6) is -0.560. The molecule has 0 atom stereocenters.